The van der Waals surface area contributed by atoms with Crippen LogP contribution in [0, 0.1) is 5.82 Å². The lowest BCUT2D eigenvalue weighted by atomic mass is 9.98. The standard InChI is InChI=1S/C23H26F4N2O3S/c1-5-6-17-12-19(23(25,26)27)9-7-18(17)11-14(2)22(30)28-15(3)16-8-10-21(20(24)13-16)29-33(4,31)32/h7-13,15,29H,5-6H2,1-4H3,(H,28,30)/b14-11-/t15-/m1/s1. The average molecular weight is 487 g/mol. The van der Waals surface area contributed by atoms with Gasteiger partial charge in [0.15, 0.2) is 0 Å². The lowest BCUT2D eigenvalue weighted by Crippen LogP contribution is -2.27. The van der Waals surface area contributed by atoms with Crippen LogP contribution in [0.5, 0.6) is 0 Å². The summed E-state index contributed by atoms with van der Waals surface area (Å²) in [5.41, 5.74) is 0.746. The number of carbonyl (C=O) groups is 1. The largest absolute Gasteiger partial charge is 0.416 e. The first kappa shape index (κ1) is 26.4. The van der Waals surface area contributed by atoms with E-state index in [9.17, 15) is 30.8 Å². The number of rotatable bonds is 8. The quantitative estimate of drug-likeness (QED) is 0.385. The molecule has 180 valence electrons. The molecule has 0 aliphatic rings. The monoisotopic (exact) mass is 486 g/mol. The third-order valence-corrected chi connectivity index (χ3v) is 5.45. The van der Waals surface area contributed by atoms with E-state index in [2.05, 4.69) is 10.0 Å². The highest BCUT2D eigenvalue weighted by Crippen LogP contribution is 2.31. The second kappa shape index (κ2) is 10.4. The number of sulfonamides is 1. The molecule has 5 nitrogen and oxygen atoms in total. The number of benzene rings is 2. The Hall–Kier alpha value is -2.88. The van der Waals surface area contributed by atoms with Crippen LogP contribution in [0.4, 0.5) is 23.2 Å². The first-order chi connectivity index (χ1) is 15.2. The Morgan fingerprint density at radius 3 is 2.36 bits per heavy atom. The van der Waals surface area contributed by atoms with Crippen LogP contribution >= 0.6 is 0 Å². The summed E-state index contributed by atoms with van der Waals surface area (Å²) in [5.74, 6) is -1.26. The molecule has 1 amide bonds. The third-order valence-electron chi connectivity index (χ3n) is 4.86. The minimum atomic E-state index is -4.45. The van der Waals surface area contributed by atoms with Gasteiger partial charge in [0, 0.05) is 5.57 Å². The molecule has 0 saturated heterocycles. The molecule has 0 aromatic heterocycles. The molecule has 2 rings (SSSR count). The molecule has 0 fully saturated rings. The minimum absolute atomic E-state index is 0.207. The molecule has 2 aromatic carbocycles. The average Bonchev–Trinajstić information content (AvgIpc) is 2.69. The first-order valence-corrected chi connectivity index (χ1v) is 12.1. The van der Waals surface area contributed by atoms with Crippen molar-refractivity contribution in [2.24, 2.45) is 0 Å². The smallest absolute Gasteiger partial charge is 0.346 e. The van der Waals surface area contributed by atoms with Crippen molar-refractivity contribution >= 4 is 27.7 Å². The third kappa shape index (κ3) is 7.59. The molecule has 0 heterocycles. The minimum Gasteiger partial charge on any atom is -0.346 e. The fourth-order valence-corrected chi connectivity index (χ4v) is 3.75. The van der Waals surface area contributed by atoms with Gasteiger partial charge in [0.25, 0.3) is 0 Å². The van der Waals surface area contributed by atoms with Crippen LogP contribution < -0.4 is 10.0 Å². The molecule has 0 unspecified atom stereocenters. The molecule has 0 spiro atoms. The summed E-state index contributed by atoms with van der Waals surface area (Å²) in [7, 11) is -3.64. The van der Waals surface area contributed by atoms with E-state index < -0.39 is 39.5 Å². The van der Waals surface area contributed by atoms with E-state index in [1.165, 1.54) is 31.2 Å². The Balaban J connectivity index is 2.20. The lowest BCUT2D eigenvalue weighted by molar-refractivity contribution is -0.137. The van der Waals surface area contributed by atoms with E-state index >= 15 is 0 Å². The summed E-state index contributed by atoms with van der Waals surface area (Å²) < 4.78 is 77.9. The fourth-order valence-electron chi connectivity index (χ4n) is 3.18. The molecule has 0 aliphatic carbocycles. The van der Waals surface area contributed by atoms with Gasteiger partial charge >= 0.3 is 6.18 Å². The normalized spacial score (nSPS) is 13.5. The van der Waals surface area contributed by atoms with Crippen LogP contribution in [0.1, 0.15) is 55.5 Å². The van der Waals surface area contributed by atoms with E-state index in [1.54, 1.807) is 6.92 Å². The Morgan fingerprint density at radius 2 is 1.82 bits per heavy atom. The summed E-state index contributed by atoms with van der Waals surface area (Å²) >= 11 is 0. The van der Waals surface area contributed by atoms with E-state index in [0.29, 0.717) is 29.5 Å². The molecule has 0 radical (unpaired) electrons. The molecule has 2 aromatic rings. The lowest BCUT2D eigenvalue weighted by Gasteiger charge is -2.16. The number of anilines is 1. The Kier molecular flexibility index (Phi) is 8.29. The van der Waals surface area contributed by atoms with Crippen LogP contribution in [0.3, 0.4) is 0 Å². The predicted octanol–water partition coefficient (Wildman–Crippen LogP) is 5.45. The fraction of sp³-hybridized carbons (Fsp3) is 0.348. The second-order valence-electron chi connectivity index (χ2n) is 7.80. The van der Waals surface area contributed by atoms with Gasteiger partial charge in [-0.25, -0.2) is 12.8 Å². The molecular weight excluding hydrogens is 460 g/mol. The Bertz CT molecular complexity index is 1160. The molecule has 2 N–H and O–H groups in total. The van der Waals surface area contributed by atoms with E-state index in [1.807, 2.05) is 6.92 Å². The SMILES string of the molecule is CCCc1cc(C(F)(F)F)ccc1/C=C(/C)C(=O)N[C@H](C)c1ccc(NS(C)(=O)=O)c(F)c1. The zero-order valence-corrected chi connectivity index (χ0v) is 19.5. The number of carbonyl (C=O) groups excluding carboxylic acids is 1. The highest BCUT2D eigenvalue weighted by atomic mass is 32.2. The Labute approximate surface area is 190 Å². The van der Waals surface area contributed by atoms with Gasteiger partial charge in [0.05, 0.1) is 23.5 Å². The zero-order valence-electron chi connectivity index (χ0n) is 18.7. The number of amides is 1. The zero-order chi connectivity index (χ0) is 25.0. The summed E-state index contributed by atoms with van der Waals surface area (Å²) in [5, 5.41) is 2.71. The number of nitrogens with one attached hydrogen (secondary N) is 2. The molecule has 0 bridgehead atoms. The van der Waals surface area contributed by atoms with Crippen molar-refractivity contribution in [3.05, 3.63) is 70.0 Å². The summed E-state index contributed by atoms with van der Waals surface area (Å²) in [6.07, 6.45) is -0.962. The number of hydrogen-bond acceptors (Lipinski definition) is 3. The van der Waals surface area contributed by atoms with Gasteiger partial charge in [-0.15, -0.1) is 0 Å². The maximum Gasteiger partial charge on any atom is 0.416 e. The van der Waals surface area contributed by atoms with Crippen LogP contribution in [0.25, 0.3) is 6.08 Å². The van der Waals surface area contributed by atoms with Crippen LogP contribution in [0.2, 0.25) is 0 Å². The second-order valence-corrected chi connectivity index (χ2v) is 9.55. The van der Waals surface area contributed by atoms with Crippen molar-refractivity contribution < 1.29 is 30.8 Å². The number of alkyl halides is 3. The predicted molar refractivity (Wildman–Crippen MR) is 121 cm³/mol. The van der Waals surface area contributed by atoms with Gasteiger partial charge in [-0.05, 0) is 67.3 Å². The van der Waals surface area contributed by atoms with Crippen molar-refractivity contribution in [2.75, 3.05) is 11.0 Å². The maximum atomic E-state index is 14.2. The van der Waals surface area contributed by atoms with Crippen molar-refractivity contribution in [2.45, 2.75) is 45.8 Å². The molecule has 0 saturated carbocycles. The first-order valence-electron chi connectivity index (χ1n) is 10.2. The highest BCUT2D eigenvalue weighted by Gasteiger charge is 2.30. The molecular formula is C23H26F4N2O3S. The van der Waals surface area contributed by atoms with Crippen molar-refractivity contribution in [1.29, 1.82) is 0 Å². The molecule has 10 heteroatoms. The molecule has 0 aliphatic heterocycles. The Morgan fingerprint density at radius 1 is 1.15 bits per heavy atom. The van der Waals surface area contributed by atoms with Crippen LogP contribution in [-0.4, -0.2) is 20.6 Å². The van der Waals surface area contributed by atoms with Gasteiger partial charge in [-0.2, -0.15) is 13.2 Å². The van der Waals surface area contributed by atoms with Crippen LogP contribution in [0.15, 0.2) is 42.0 Å². The van der Waals surface area contributed by atoms with Crippen molar-refractivity contribution in [3.8, 4) is 0 Å². The van der Waals surface area contributed by atoms with Crippen molar-refractivity contribution in [3.63, 3.8) is 0 Å². The number of halogens is 4. The number of hydrogen-bond donors (Lipinski definition) is 2. The van der Waals surface area contributed by atoms with Gasteiger partial charge in [0.1, 0.15) is 5.82 Å². The van der Waals surface area contributed by atoms with Crippen molar-refractivity contribution in [1.82, 2.24) is 5.32 Å². The van der Waals surface area contributed by atoms with Gasteiger partial charge in [-0.3, -0.25) is 9.52 Å². The van der Waals surface area contributed by atoms with E-state index in [4.69, 9.17) is 0 Å². The maximum absolute atomic E-state index is 14.2. The highest BCUT2D eigenvalue weighted by molar-refractivity contribution is 7.92. The van der Waals surface area contributed by atoms with Gasteiger partial charge < -0.3 is 5.32 Å². The molecule has 1 atom stereocenters. The van der Waals surface area contributed by atoms with E-state index in [-0.39, 0.29) is 11.3 Å². The number of aryl methyl sites for hydroxylation is 1. The summed E-state index contributed by atoms with van der Waals surface area (Å²) in [6, 6.07) is 6.67. The summed E-state index contributed by atoms with van der Waals surface area (Å²) in [6.45, 7) is 5.02. The van der Waals surface area contributed by atoms with Gasteiger partial charge in [0.2, 0.25) is 15.9 Å². The summed E-state index contributed by atoms with van der Waals surface area (Å²) in [4.78, 5) is 12.6. The van der Waals surface area contributed by atoms with E-state index in [0.717, 1.165) is 24.5 Å². The molecule has 33 heavy (non-hydrogen) atoms. The topological polar surface area (TPSA) is 75.3 Å². The van der Waals surface area contributed by atoms with Gasteiger partial charge in [-0.1, -0.05) is 25.5 Å². The van der Waals surface area contributed by atoms with Crippen LogP contribution in [-0.2, 0) is 27.4 Å².